The maximum Gasteiger partial charge on any atom is 0.254 e. The third-order valence-corrected chi connectivity index (χ3v) is 6.51. The van der Waals surface area contributed by atoms with Crippen LogP contribution in [-0.2, 0) is 4.79 Å². The second kappa shape index (κ2) is 11.1. The van der Waals surface area contributed by atoms with E-state index in [1.165, 1.54) is 0 Å². The zero-order valence-electron chi connectivity index (χ0n) is 19.0. The summed E-state index contributed by atoms with van der Waals surface area (Å²) in [6, 6.07) is 3.37. The van der Waals surface area contributed by atoms with Gasteiger partial charge in [0.1, 0.15) is 0 Å². The molecule has 0 aromatic heterocycles. The van der Waals surface area contributed by atoms with Gasteiger partial charge in [-0.05, 0) is 57.1 Å². The van der Waals surface area contributed by atoms with Crippen LogP contribution in [0.5, 0.6) is 11.5 Å². The molecule has 0 radical (unpaired) electrons. The summed E-state index contributed by atoms with van der Waals surface area (Å²) in [6.45, 7) is 10.0. The zero-order chi connectivity index (χ0) is 22.4. The molecule has 1 aromatic rings. The number of halogens is 1. The number of ether oxygens (including phenoxy) is 2. The van der Waals surface area contributed by atoms with Crippen LogP contribution in [0.2, 0.25) is 5.02 Å². The van der Waals surface area contributed by atoms with E-state index >= 15 is 0 Å². The van der Waals surface area contributed by atoms with Gasteiger partial charge in [0.2, 0.25) is 5.91 Å². The van der Waals surface area contributed by atoms with E-state index < -0.39 is 0 Å². The van der Waals surface area contributed by atoms with Crippen molar-refractivity contribution in [3.8, 4) is 11.5 Å². The van der Waals surface area contributed by atoms with E-state index in [1.807, 2.05) is 23.6 Å². The van der Waals surface area contributed by atoms with Crippen LogP contribution in [0, 0.1) is 11.8 Å². The second-order valence-electron chi connectivity index (χ2n) is 8.64. The molecule has 0 aliphatic carbocycles. The predicted molar refractivity (Wildman–Crippen MR) is 122 cm³/mol. The van der Waals surface area contributed by atoms with Crippen molar-refractivity contribution in [3.63, 3.8) is 0 Å². The number of carbonyl (C=O) groups excluding carboxylic acids is 2. The summed E-state index contributed by atoms with van der Waals surface area (Å²) in [7, 11) is 0. The lowest BCUT2D eigenvalue weighted by Gasteiger charge is -2.36. The van der Waals surface area contributed by atoms with Gasteiger partial charge < -0.3 is 19.3 Å². The first kappa shape index (κ1) is 23.7. The molecule has 6 nitrogen and oxygen atoms in total. The molecule has 3 rings (SSSR count). The summed E-state index contributed by atoms with van der Waals surface area (Å²) in [5.41, 5.74) is 0.493. The number of carbonyl (C=O) groups is 2. The first-order chi connectivity index (χ1) is 14.9. The van der Waals surface area contributed by atoms with E-state index in [9.17, 15) is 9.59 Å². The van der Waals surface area contributed by atoms with Crippen molar-refractivity contribution in [2.45, 2.75) is 52.9 Å². The maximum atomic E-state index is 13.1. The molecule has 172 valence electrons. The first-order valence-corrected chi connectivity index (χ1v) is 12.0. The number of rotatable bonds is 7. The molecule has 0 bridgehead atoms. The van der Waals surface area contributed by atoms with Gasteiger partial charge in [0.05, 0.1) is 18.2 Å². The minimum absolute atomic E-state index is 0.0184. The van der Waals surface area contributed by atoms with E-state index in [0.29, 0.717) is 67.1 Å². The number of piperidine rings is 2. The zero-order valence-corrected chi connectivity index (χ0v) is 19.7. The topological polar surface area (TPSA) is 59.1 Å². The molecule has 0 atom stereocenters. The van der Waals surface area contributed by atoms with Gasteiger partial charge in [-0.3, -0.25) is 9.59 Å². The lowest BCUT2D eigenvalue weighted by Crippen LogP contribution is -2.46. The molecule has 2 heterocycles. The van der Waals surface area contributed by atoms with Crippen LogP contribution in [-0.4, -0.2) is 61.0 Å². The van der Waals surface area contributed by atoms with Crippen LogP contribution in [0.15, 0.2) is 12.1 Å². The molecule has 0 N–H and O–H groups in total. The molecule has 2 aliphatic heterocycles. The van der Waals surface area contributed by atoms with Gasteiger partial charge in [-0.25, -0.2) is 0 Å². The highest BCUT2D eigenvalue weighted by Gasteiger charge is 2.32. The third kappa shape index (κ3) is 5.85. The Morgan fingerprint density at radius 3 is 2.26 bits per heavy atom. The molecule has 0 unspecified atom stereocenters. The van der Waals surface area contributed by atoms with Crippen molar-refractivity contribution < 1.29 is 19.1 Å². The van der Waals surface area contributed by atoms with Crippen molar-refractivity contribution in [1.29, 1.82) is 0 Å². The molecular formula is C24H35ClN2O4. The SMILES string of the molecule is CCCOc1c(Cl)cc(C(=O)N2CCC(C(=O)N3CCC(C)CC3)CC2)cc1OCC. The highest BCUT2D eigenvalue weighted by Crippen LogP contribution is 2.37. The van der Waals surface area contributed by atoms with Gasteiger partial charge in [0.25, 0.3) is 5.91 Å². The second-order valence-corrected chi connectivity index (χ2v) is 9.05. The molecule has 0 spiro atoms. The van der Waals surface area contributed by atoms with Crippen molar-refractivity contribution in [2.24, 2.45) is 11.8 Å². The van der Waals surface area contributed by atoms with E-state index in [4.69, 9.17) is 21.1 Å². The largest absolute Gasteiger partial charge is 0.490 e. The van der Waals surface area contributed by atoms with E-state index in [1.54, 1.807) is 12.1 Å². The normalized spacial score (nSPS) is 18.2. The van der Waals surface area contributed by atoms with Crippen molar-refractivity contribution in [3.05, 3.63) is 22.7 Å². The van der Waals surface area contributed by atoms with E-state index in [-0.39, 0.29) is 17.7 Å². The molecule has 2 saturated heterocycles. The minimum Gasteiger partial charge on any atom is -0.490 e. The fourth-order valence-corrected chi connectivity index (χ4v) is 4.56. The van der Waals surface area contributed by atoms with Gasteiger partial charge in [0, 0.05) is 37.7 Å². The number of hydrogen-bond acceptors (Lipinski definition) is 4. The Balaban J connectivity index is 1.63. The molecule has 31 heavy (non-hydrogen) atoms. The number of amides is 2. The van der Waals surface area contributed by atoms with Crippen molar-refractivity contribution in [2.75, 3.05) is 39.4 Å². The summed E-state index contributed by atoms with van der Waals surface area (Å²) in [5.74, 6) is 1.89. The highest BCUT2D eigenvalue weighted by molar-refractivity contribution is 6.32. The fraction of sp³-hybridized carbons (Fsp3) is 0.667. The molecule has 2 aliphatic rings. The molecule has 2 amide bonds. The third-order valence-electron chi connectivity index (χ3n) is 6.23. The fourth-order valence-electron chi connectivity index (χ4n) is 4.30. The summed E-state index contributed by atoms with van der Waals surface area (Å²) >= 11 is 6.42. The lowest BCUT2D eigenvalue weighted by molar-refractivity contribution is -0.138. The summed E-state index contributed by atoms with van der Waals surface area (Å²) < 4.78 is 11.4. The van der Waals surface area contributed by atoms with Crippen LogP contribution in [0.3, 0.4) is 0 Å². The number of likely N-dealkylation sites (tertiary alicyclic amines) is 2. The van der Waals surface area contributed by atoms with E-state index in [0.717, 1.165) is 32.4 Å². The average molecular weight is 451 g/mol. The monoisotopic (exact) mass is 450 g/mol. The highest BCUT2D eigenvalue weighted by atomic mass is 35.5. The number of nitrogens with zero attached hydrogens (tertiary/aromatic N) is 2. The van der Waals surface area contributed by atoms with Gasteiger partial charge in [-0.1, -0.05) is 25.4 Å². The summed E-state index contributed by atoms with van der Waals surface area (Å²) in [5, 5.41) is 0.382. The number of hydrogen-bond donors (Lipinski definition) is 0. The van der Waals surface area contributed by atoms with E-state index in [2.05, 4.69) is 6.92 Å². The van der Waals surface area contributed by atoms with Gasteiger partial charge in [-0.15, -0.1) is 0 Å². The van der Waals surface area contributed by atoms with Crippen LogP contribution >= 0.6 is 11.6 Å². The number of benzene rings is 1. The van der Waals surface area contributed by atoms with Crippen LogP contribution in [0.25, 0.3) is 0 Å². The lowest BCUT2D eigenvalue weighted by atomic mass is 9.92. The summed E-state index contributed by atoms with van der Waals surface area (Å²) in [6.07, 6.45) is 4.45. The smallest absolute Gasteiger partial charge is 0.254 e. The Hall–Kier alpha value is -1.95. The van der Waals surface area contributed by atoms with Crippen molar-refractivity contribution in [1.82, 2.24) is 9.80 Å². The first-order valence-electron chi connectivity index (χ1n) is 11.6. The Kier molecular flexibility index (Phi) is 8.47. The quantitative estimate of drug-likeness (QED) is 0.607. The van der Waals surface area contributed by atoms with Crippen LogP contribution in [0.1, 0.15) is 63.2 Å². The molecule has 2 fully saturated rings. The van der Waals surface area contributed by atoms with Crippen LogP contribution in [0.4, 0.5) is 0 Å². The summed E-state index contributed by atoms with van der Waals surface area (Å²) in [4.78, 5) is 29.8. The van der Waals surface area contributed by atoms with Crippen molar-refractivity contribution >= 4 is 23.4 Å². The Bertz CT molecular complexity index is 769. The molecule has 0 saturated carbocycles. The Morgan fingerprint density at radius 2 is 1.65 bits per heavy atom. The van der Waals surface area contributed by atoms with Gasteiger partial charge >= 0.3 is 0 Å². The molecular weight excluding hydrogens is 416 g/mol. The minimum atomic E-state index is -0.0809. The predicted octanol–water partition coefficient (Wildman–Crippen LogP) is 4.64. The Labute approximate surface area is 190 Å². The standard InChI is InChI=1S/C24H35ClN2O4/c1-4-14-31-22-20(25)15-19(16-21(22)30-5-2)24(29)27-12-8-18(9-13-27)23(28)26-10-6-17(3)7-11-26/h15-18H,4-14H2,1-3H3. The van der Waals surface area contributed by atoms with Gasteiger partial charge in [0.15, 0.2) is 11.5 Å². The average Bonchev–Trinajstić information content (AvgIpc) is 2.78. The molecule has 7 heteroatoms. The van der Waals surface area contributed by atoms with Gasteiger partial charge in [-0.2, -0.15) is 0 Å². The Morgan fingerprint density at radius 1 is 1.00 bits per heavy atom. The van der Waals surface area contributed by atoms with Crippen LogP contribution < -0.4 is 9.47 Å². The maximum absolute atomic E-state index is 13.1. The molecule has 1 aromatic carbocycles.